The Kier molecular flexibility index (Phi) is 7.68. The highest BCUT2D eigenvalue weighted by atomic mass is 32.1. The van der Waals surface area contributed by atoms with Crippen molar-refractivity contribution in [2.24, 2.45) is 0 Å². The van der Waals surface area contributed by atoms with E-state index < -0.39 is 0 Å². The average Bonchev–Trinajstić information content (AvgIpc) is 3.86. The van der Waals surface area contributed by atoms with E-state index in [0.717, 1.165) is 72.3 Å². The van der Waals surface area contributed by atoms with Crippen LogP contribution in [0.2, 0.25) is 0 Å². The number of thiophene rings is 1. The van der Waals surface area contributed by atoms with Gasteiger partial charge in [0.05, 0.1) is 11.4 Å². The van der Waals surface area contributed by atoms with Crippen LogP contribution < -0.4 is 0 Å². The number of hydrogen-bond donors (Lipinski definition) is 0. The van der Waals surface area contributed by atoms with Crippen LogP contribution in [0.15, 0.2) is 199 Å². The standard InChI is InChI=1S/C52H32N2OS/c1-3-12-33(13-4-1)34-22-28-38(29-23-34)52-53-44(36-14-5-2-6-15-36)32-45(54-52)37-26-24-35(25-27-37)39-30-31-41(51-50(39)42-16-7-9-19-46(42)55-51)40-18-11-21-48-49(40)43-17-8-10-20-47(43)56-48/h1-32H. The molecule has 0 saturated heterocycles. The van der Waals surface area contributed by atoms with E-state index in [1.807, 2.05) is 29.5 Å². The molecule has 0 atom stereocenters. The van der Waals surface area contributed by atoms with Crippen molar-refractivity contribution in [2.45, 2.75) is 0 Å². The first-order valence-electron chi connectivity index (χ1n) is 18.8. The minimum atomic E-state index is 0.695. The first-order valence-corrected chi connectivity index (χ1v) is 19.6. The molecule has 3 aromatic heterocycles. The third-order valence-electron chi connectivity index (χ3n) is 10.8. The van der Waals surface area contributed by atoms with Gasteiger partial charge >= 0.3 is 0 Å². The van der Waals surface area contributed by atoms with Gasteiger partial charge in [0.2, 0.25) is 0 Å². The predicted molar refractivity (Wildman–Crippen MR) is 235 cm³/mol. The number of para-hydroxylation sites is 1. The average molecular weight is 733 g/mol. The van der Waals surface area contributed by atoms with Crippen molar-refractivity contribution in [3.8, 4) is 67.3 Å². The SMILES string of the molecule is c1ccc(-c2ccc(-c3nc(-c4ccccc4)cc(-c4ccc(-c5ccc(-c6cccc7sc8ccccc8c67)c6oc7ccccc7c56)cc4)n3)cc2)cc1. The van der Waals surface area contributed by atoms with Crippen LogP contribution in [0.3, 0.4) is 0 Å². The zero-order chi connectivity index (χ0) is 37.0. The quantitative estimate of drug-likeness (QED) is 0.171. The van der Waals surface area contributed by atoms with Crippen molar-refractivity contribution in [2.75, 3.05) is 0 Å². The van der Waals surface area contributed by atoms with E-state index >= 15 is 0 Å². The summed E-state index contributed by atoms with van der Waals surface area (Å²) in [5.74, 6) is 0.695. The van der Waals surface area contributed by atoms with Crippen LogP contribution >= 0.6 is 11.3 Å². The summed E-state index contributed by atoms with van der Waals surface area (Å²) in [7, 11) is 0. The Morgan fingerprint density at radius 1 is 0.357 bits per heavy atom. The number of nitrogens with zero attached hydrogens (tertiary/aromatic N) is 2. The summed E-state index contributed by atoms with van der Waals surface area (Å²) < 4.78 is 9.33. The molecular formula is C52H32N2OS. The molecule has 262 valence electrons. The highest BCUT2D eigenvalue weighted by Crippen LogP contribution is 2.46. The van der Waals surface area contributed by atoms with Crippen LogP contribution in [-0.4, -0.2) is 9.97 Å². The lowest BCUT2D eigenvalue weighted by molar-refractivity contribution is 0.670. The Morgan fingerprint density at radius 2 is 0.911 bits per heavy atom. The lowest BCUT2D eigenvalue weighted by Gasteiger charge is -2.12. The fraction of sp³-hybridized carbons (Fsp3) is 0. The zero-order valence-electron chi connectivity index (χ0n) is 30.2. The Labute approximate surface area is 327 Å². The topological polar surface area (TPSA) is 38.9 Å². The van der Waals surface area contributed by atoms with Gasteiger partial charge in [-0.3, -0.25) is 0 Å². The number of furan rings is 1. The maximum Gasteiger partial charge on any atom is 0.160 e. The van der Waals surface area contributed by atoms with Crippen LogP contribution in [0.5, 0.6) is 0 Å². The van der Waals surface area contributed by atoms with Crippen molar-refractivity contribution in [3.05, 3.63) is 194 Å². The Hall–Kier alpha value is -7.14. The number of aromatic nitrogens is 2. The maximum atomic E-state index is 6.76. The summed E-state index contributed by atoms with van der Waals surface area (Å²) in [5.41, 5.74) is 13.5. The molecule has 3 nitrogen and oxygen atoms in total. The van der Waals surface area contributed by atoms with Crippen molar-refractivity contribution >= 4 is 53.4 Å². The van der Waals surface area contributed by atoms with Gasteiger partial charge in [0.25, 0.3) is 0 Å². The second kappa shape index (κ2) is 13.3. The van der Waals surface area contributed by atoms with E-state index in [9.17, 15) is 0 Å². The van der Waals surface area contributed by atoms with Crippen LogP contribution in [-0.2, 0) is 0 Å². The maximum absolute atomic E-state index is 6.76. The van der Waals surface area contributed by atoms with Crippen LogP contribution in [0.25, 0.3) is 109 Å². The predicted octanol–water partition coefficient (Wildman–Crippen LogP) is 14.7. The monoisotopic (exact) mass is 732 g/mol. The molecule has 0 fully saturated rings. The molecule has 11 aromatic rings. The minimum absolute atomic E-state index is 0.695. The lowest BCUT2D eigenvalue weighted by Crippen LogP contribution is -1.96. The molecule has 0 bridgehead atoms. The highest BCUT2D eigenvalue weighted by molar-refractivity contribution is 7.25. The smallest absolute Gasteiger partial charge is 0.160 e. The third-order valence-corrected chi connectivity index (χ3v) is 11.9. The summed E-state index contributed by atoms with van der Waals surface area (Å²) >= 11 is 1.84. The number of rotatable bonds is 6. The molecule has 0 aliphatic carbocycles. The van der Waals surface area contributed by atoms with Gasteiger partial charge in [0, 0.05) is 53.2 Å². The molecule has 0 aliphatic rings. The highest BCUT2D eigenvalue weighted by Gasteiger charge is 2.20. The molecule has 0 N–H and O–H groups in total. The fourth-order valence-corrected chi connectivity index (χ4v) is 9.16. The van der Waals surface area contributed by atoms with Crippen LogP contribution in [0.1, 0.15) is 0 Å². The minimum Gasteiger partial charge on any atom is -0.455 e. The Bertz CT molecular complexity index is 3220. The molecule has 11 rings (SSSR count). The van der Waals surface area contributed by atoms with Crippen molar-refractivity contribution in [1.82, 2.24) is 9.97 Å². The molecule has 0 radical (unpaired) electrons. The summed E-state index contributed by atoms with van der Waals surface area (Å²) in [6, 6.07) is 68.3. The Balaban J connectivity index is 1.03. The summed E-state index contributed by atoms with van der Waals surface area (Å²) in [6.07, 6.45) is 0. The van der Waals surface area contributed by atoms with Gasteiger partial charge in [0.1, 0.15) is 11.2 Å². The van der Waals surface area contributed by atoms with E-state index in [1.165, 1.54) is 31.3 Å². The molecule has 0 unspecified atom stereocenters. The van der Waals surface area contributed by atoms with Gasteiger partial charge in [-0.25, -0.2) is 9.97 Å². The van der Waals surface area contributed by atoms with Gasteiger partial charge in [-0.15, -0.1) is 11.3 Å². The van der Waals surface area contributed by atoms with Crippen molar-refractivity contribution < 1.29 is 4.42 Å². The van der Waals surface area contributed by atoms with E-state index in [0.29, 0.717) is 5.82 Å². The second-order valence-electron chi connectivity index (χ2n) is 14.1. The summed E-state index contributed by atoms with van der Waals surface area (Å²) in [4.78, 5) is 10.2. The molecular weight excluding hydrogens is 701 g/mol. The van der Waals surface area contributed by atoms with E-state index in [4.69, 9.17) is 14.4 Å². The number of benzene rings is 8. The van der Waals surface area contributed by atoms with Gasteiger partial charge < -0.3 is 4.42 Å². The normalized spacial score (nSPS) is 11.6. The molecule has 8 aromatic carbocycles. The van der Waals surface area contributed by atoms with Crippen molar-refractivity contribution in [3.63, 3.8) is 0 Å². The first-order chi connectivity index (χ1) is 27.7. The van der Waals surface area contributed by atoms with Crippen LogP contribution in [0.4, 0.5) is 0 Å². The van der Waals surface area contributed by atoms with Crippen LogP contribution in [0, 0.1) is 0 Å². The molecule has 0 amide bonds. The van der Waals surface area contributed by atoms with Crippen molar-refractivity contribution in [1.29, 1.82) is 0 Å². The van der Waals surface area contributed by atoms with E-state index in [2.05, 4.69) is 176 Å². The molecule has 0 aliphatic heterocycles. The summed E-state index contributed by atoms with van der Waals surface area (Å²) in [6.45, 7) is 0. The van der Waals surface area contributed by atoms with E-state index in [-0.39, 0.29) is 0 Å². The lowest BCUT2D eigenvalue weighted by atomic mass is 9.92. The van der Waals surface area contributed by atoms with Gasteiger partial charge in [0.15, 0.2) is 5.82 Å². The molecule has 3 heterocycles. The van der Waals surface area contributed by atoms with E-state index in [1.54, 1.807) is 0 Å². The molecule has 4 heteroatoms. The third kappa shape index (κ3) is 5.50. The molecule has 0 saturated carbocycles. The first kappa shape index (κ1) is 32.3. The zero-order valence-corrected chi connectivity index (χ0v) is 31.0. The van der Waals surface area contributed by atoms with Gasteiger partial charge in [-0.2, -0.15) is 0 Å². The fourth-order valence-electron chi connectivity index (χ4n) is 8.02. The van der Waals surface area contributed by atoms with Gasteiger partial charge in [-0.05, 0) is 58.1 Å². The van der Waals surface area contributed by atoms with Gasteiger partial charge in [-0.1, -0.05) is 164 Å². The number of fused-ring (bicyclic) bond motifs is 6. The largest absolute Gasteiger partial charge is 0.455 e. The molecule has 0 spiro atoms. The summed E-state index contributed by atoms with van der Waals surface area (Å²) in [5, 5.41) is 4.78. The second-order valence-corrected chi connectivity index (χ2v) is 15.2. The molecule has 56 heavy (non-hydrogen) atoms. The Morgan fingerprint density at radius 3 is 1.68 bits per heavy atom. The number of hydrogen-bond acceptors (Lipinski definition) is 4.